The van der Waals surface area contributed by atoms with Gasteiger partial charge in [-0.3, -0.25) is 4.79 Å². The number of hydrogen-bond acceptors (Lipinski definition) is 2. The molecule has 0 N–H and O–H groups in total. The Morgan fingerprint density at radius 2 is 1.32 bits per heavy atom. The third-order valence-corrected chi connectivity index (χ3v) is 5.54. The van der Waals surface area contributed by atoms with Crippen LogP contribution in [-0.2, 0) is 12.8 Å². The molecular formula is C22H26N2O. The van der Waals surface area contributed by atoms with Crippen molar-refractivity contribution in [1.29, 1.82) is 0 Å². The second-order valence-corrected chi connectivity index (χ2v) is 7.16. The van der Waals surface area contributed by atoms with Gasteiger partial charge in [0.25, 0.3) is 5.91 Å². The van der Waals surface area contributed by atoms with Crippen molar-refractivity contribution in [2.24, 2.45) is 0 Å². The van der Waals surface area contributed by atoms with Gasteiger partial charge in [0.2, 0.25) is 0 Å². The van der Waals surface area contributed by atoms with Crippen LogP contribution in [0.15, 0.2) is 48.5 Å². The third kappa shape index (κ3) is 3.55. The van der Waals surface area contributed by atoms with E-state index < -0.39 is 0 Å². The highest BCUT2D eigenvalue weighted by Crippen LogP contribution is 2.22. The SMILES string of the molecule is O=C(c1ccc(N2CCCCC2)cc1)N1CCc2ccccc2CC1. The van der Waals surface area contributed by atoms with E-state index in [-0.39, 0.29) is 5.91 Å². The second kappa shape index (κ2) is 7.30. The van der Waals surface area contributed by atoms with Crippen LogP contribution >= 0.6 is 0 Å². The first-order valence-electron chi connectivity index (χ1n) is 9.52. The van der Waals surface area contributed by atoms with E-state index in [0.29, 0.717) is 0 Å². The molecule has 25 heavy (non-hydrogen) atoms. The van der Waals surface area contributed by atoms with Crippen molar-refractivity contribution in [1.82, 2.24) is 4.90 Å². The first kappa shape index (κ1) is 16.2. The first-order chi connectivity index (χ1) is 12.3. The number of rotatable bonds is 2. The lowest BCUT2D eigenvalue weighted by atomic mass is 10.0. The van der Waals surface area contributed by atoms with E-state index in [1.807, 2.05) is 17.0 Å². The summed E-state index contributed by atoms with van der Waals surface area (Å²) in [6, 6.07) is 16.8. The maximum atomic E-state index is 12.9. The summed E-state index contributed by atoms with van der Waals surface area (Å²) >= 11 is 0. The predicted octanol–water partition coefficient (Wildman–Crippen LogP) is 3.92. The highest BCUT2D eigenvalue weighted by molar-refractivity contribution is 5.94. The summed E-state index contributed by atoms with van der Waals surface area (Å²) in [5, 5.41) is 0. The molecule has 3 nitrogen and oxygen atoms in total. The number of anilines is 1. The van der Waals surface area contributed by atoms with Gasteiger partial charge in [-0.1, -0.05) is 24.3 Å². The fourth-order valence-corrected chi connectivity index (χ4v) is 4.02. The monoisotopic (exact) mass is 334 g/mol. The van der Waals surface area contributed by atoms with Gasteiger partial charge in [-0.05, 0) is 67.5 Å². The minimum Gasteiger partial charge on any atom is -0.372 e. The normalized spacial score (nSPS) is 17.8. The zero-order valence-corrected chi connectivity index (χ0v) is 14.8. The van der Waals surface area contributed by atoms with E-state index in [4.69, 9.17) is 0 Å². The molecule has 0 unspecified atom stereocenters. The lowest BCUT2D eigenvalue weighted by molar-refractivity contribution is 0.0763. The van der Waals surface area contributed by atoms with Crippen LogP contribution in [0.4, 0.5) is 5.69 Å². The summed E-state index contributed by atoms with van der Waals surface area (Å²) < 4.78 is 0. The molecule has 1 fully saturated rings. The Balaban J connectivity index is 1.44. The number of fused-ring (bicyclic) bond motifs is 1. The Morgan fingerprint density at radius 3 is 1.92 bits per heavy atom. The van der Waals surface area contributed by atoms with E-state index in [9.17, 15) is 4.79 Å². The molecule has 2 aliphatic heterocycles. The average Bonchev–Trinajstić information content (AvgIpc) is 2.91. The average molecular weight is 334 g/mol. The molecule has 2 heterocycles. The van der Waals surface area contributed by atoms with Gasteiger partial charge in [-0.2, -0.15) is 0 Å². The fraction of sp³-hybridized carbons (Fsp3) is 0.409. The number of nitrogens with zero attached hydrogens (tertiary/aromatic N) is 2. The van der Waals surface area contributed by atoms with Crippen molar-refractivity contribution in [3.63, 3.8) is 0 Å². The summed E-state index contributed by atoms with van der Waals surface area (Å²) in [5.41, 5.74) is 4.84. The topological polar surface area (TPSA) is 23.6 Å². The van der Waals surface area contributed by atoms with E-state index in [1.165, 1.54) is 36.1 Å². The highest BCUT2D eigenvalue weighted by Gasteiger charge is 2.20. The number of hydrogen-bond donors (Lipinski definition) is 0. The Kier molecular flexibility index (Phi) is 4.73. The van der Waals surface area contributed by atoms with Crippen LogP contribution in [0.5, 0.6) is 0 Å². The molecule has 1 saturated heterocycles. The number of carbonyl (C=O) groups excluding carboxylic acids is 1. The molecule has 2 aromatic rings. The zero-order valence-electron chi connectivity index (χ0n) is 14.8. The second-order valence-electron chi connectivity index (χ2n) is 7.16. The first-order valence-corrected chi connectivity index (χ1v) is 9.52. The molecule has 0 spiro atoms. The van der Waals surface area contributed by atoms with Gasteiger partial charge in [0.05, 0.1) is 0 Å². The van der Waals surface area contributed by atoms with E-state index in [0.717, 1.165) is 44.6 Å². The van der Waals surface area contributed by atoms with Crippen LogP contribution < -0.4 is 4.90 Å². The summed E-state index contributed by atoms with van der Waals surface area (Å²) in [6.45, 7) is 3.89. The van der Waals surface area contributed by atoms with Crippen molar-refractivity contribution < 1.29 is 4.79 Å². The lowest BCUT2D eigenvalue weighted by Crippen LogP contribution is -2.33. The van der Waals surface area contributed by atoms with Gasteiger partial charge in [0.15, 0.2) is 0 Å². The minimum absolute atomic E-state index is 0.165. The lowest BCUT2D eigenvalue weighted by Gasteiger charge is -2.29. The number of benzene rings is 2. The molecule has 4 rings (SSSR count). The van der Waals surface area contributed by atoms with Crippen LogP contribution in [-0.4, -0.2) is 37.0 Å². The van der Waals surface area contributed by atoms with E-state index in [1.54, 1.807) is 0 Å². The molecular weight excluding hydrogens is 308 g/mol. The predicted molar refractivity (Wildman–Crippen MR) is 102 cm³/mol. The third-order valence-electron chi connectivity index (χ3n) is 5.54. The Labute approximate surface area is 150 Å². The largest absolute Gasteiger partial charge is 0.372 e. The van der Waals surface area contributed by atoms with Crippen molar-refractivity contribution in [3.05, 3.63) is 65.2 Å². The molecule has 3 heteroatoms. The van der Waals surface area contributed by atoms with Gasteiger partial charge in [-0.15, -0.1) is 0 Å². The molecule has 1 amide bonds. The van der Waals surface area contributed by atoms with E-state index in [2.05, 4.69) is 41.3 Å². The highest BCUT2D eigenvalue weighted by atomic mass is 16.2. The maximum absolute atomic E-state index is 12.9. The molecule has 0 bridgehead atoms. The van der Waals surface area contributed by atoms with Crippen LogP contribution in [0.3, 0.4) is 0 Å². The summed E-state index contributed by atoms with van der Waals surface area (Å²) in [6.07, 6.45) is 5.79. The van der Waals surface area contributed by atoms with Crippen LogP contribution in [0.1, 0.15) is 40.7 Å². The molecule has 0 radical (unpaired) electrons. The summed E-state index contributed by atoms with van der Waals surface area (Å²) in [4.78, 5) is 17.3. The van der Waals surface area contributed by atoms with Crippen molar-refractivity contribution >= 4 is 11.6 Å². The minimum atomic E-state index is 0.165. The standard InChI is InChI=1S/C22H26N2O/c25-22(24-16-12-18-6-2-3-7-19(18)13-17-24)20-8-10-21(11-9-20)23-14-4-1-5-15-23/h2-3,6-11H,1,4-5,12-17H2. The summed E-state index contributed by atoms with van der Waals surface area (Å²) in [5.74, 6) is 0.165. The molecule has 2 aliphatic rings. The van der Waals surface area contributed by atoms with Crippen LogP contribution in [0.2, 0.25) is 0 Å². The van der Waals surface area contributed by atoms with Gasteiger partial charge in [0.1, 0.15) is 0 Å². The molecule has 0 aliphatic carbocycles. The Morgan fingerprint density at radius 1 is 0.720 bits per heavy atom. The Bertz CT molecular complexity index is 705. The smallest absolute Gasteiger partial charge is 0.253 e. The van der Waals surface area contributed by atoms with Crippen molar-refractivity contribution in [2.75, 3.05) is 31.1 Å². The molecule has 0 saturated carbocycles. The van der Waals surface area contributed by atoms with Crippen molar-refractivity contribution in [3.8, 4) is 0 Å². The molecule has 0 aromatic heterocycles. The maximum Gasteiger partial charge on any atom is 0.253 e. The molecule has 2 aromatic carbocycles. The van der Waals surface area contributed by atoms with Gasteiger partial charge in [-0.25, -0.2) is 0 Å². The van der Waals surface area contributed by atoms with Gasteiger partial charge < -0.3 is 9.80 Å². The molecule has 130 valence electrons. The number of piperidine rings is 1. The Hall–Kier alpha value is -2.29. The van der Waals surface area contributed by atoms with Crippen molar-refractivity contribution in [2.45, 2.75) is 32.1 Å². The number of carbonyl (C=O) groups is 1. The molecule has 0 atom stereocenters. The van der Waals surface area contributed by atoms with Crippen LogP contribution in [0.25, 0.3) is 0 Å². The van der Waals surface area contributed by atoms with Gasteiger partial charge in [0, 0.05) is 37.4 Å². The van der Waals surface area contributed by atoms with Gasteiger partial charge >= 0.3 is 0 Å². The summed E-state index contributed by atoms with van der Waals surface area (Å²) in [7, 11) is 0. The van der Waals surface area contributed by atoms with E-state index >= 15 is 0 Å². The quantitative estimate of drug-likeness (QED) is 0.831. The fourth-order valence-electron chi connectivity index (χ4n) is 4.02. The number of amides is 1. The van der Waals surface area contributed by atoms with Crippen LogP contribution in [0, 0.1) is 0 Å². The zero-order chi connectivity index (χ0) is 17.1.